The Morgan fingerprint density at radius 1 is 1.29 bits per heavy atom. The molecule has 1 aliphatic rings. The minimum Gasteiger partial charge on any atom is -0.330 e. The van der Waals surface area contributed by atoms with Gasteiger partial charge in [0.25, 0.3) is 0 Å². The van der Waals surface area contributed by atoms with Crippen molar-refractivity contribution in [3.8, 4) is 0 Å². The molecule has 0 unspecified atom stereocenters. The van der Waals surface area contributed by atoms with E-state index in [1.165, 1.54) is 29.3 Å². The van der Waals surface area contributed by atoms with Crippen molar-refractivity contribution in [3.63, 3.8) is 0 Å². The highest BCUT2D eigenvalue weighted by Gasteiger charge is 2.34. The molecule has 1 fully saturated rings. The van der Waals surface area contributed by atoms with Crippen molar-refractivity contribution in [1.29, 1.82) is 0 Å². The van der Waals surface area contributed by atoms with Crippen LogP contribution in [-0.4, -0.2) is 19.6 Å². The first kappa shape index (κ1) is 13.1. The van der Waals surface area contributed by atoms with Crippen LogP contribution in [0.5, 0.6) is 0 Å². The van der Waals surface area contributed by atoms with E-state index in [0.29, 0.717) is 5.41 Å². The predicted octanol–water partition coefficient (Wildman–Crippen LogP) is 2.71. The van der Waals surface area contributed by atoms with Crippen molar-refractivity contribution in [1.82, 2.24) is 5.32 Å². The van der Waals surface area contributed by atoms with Crippen molar-refractivity contribution in [3.05, 3.63) is 34.3 Å². The van der Waals surface area contributed by atoms with E-state index >= 15 is 0 Å². The molecule has 2 nitrogen and oxygen atoms in total. The van der Waals surface area contributed by atoms with Gasteiger partial charge in [0.1, 0.15) is 0 Å². The summed E-state index contributed by atoms with van der Waals surface area (Å²) in [5.74, 6) is 0. The Hall–Kier alpha value is -0.380. The summed E-state index contributed by atoms with van der Waals surface area (Å²) in [7, 11) is 0. The summed E-state index contributed by atoms with van der Waals surface area (Å²) in [5.41, 5.74) is 7.62. The lowest BCUT2D eigenvalue weighted by Crippen LogP contribution is -2.45. The van der Waals surface area contributed by atoms with Gasteiger partial charge in [0.05, 0.1) is 0 Å². The molecule has 94 valence electrons. The third-order valence-corrected chi connectivity index (χ3v) is 4.65. The van der Waals surface area contributed by atoms with Crippen LogP contribution in [0.25, 0.3) is 0 Å². The molecule has 17 heavy (non-hydrogen) atoms. The van der Waals surface area contributed by atoms with Crippen LogP contribution in [0.4, 0.5) is 0 Å². The van der Waals surface area contributed by atoms with Crippen molar-refractivity contribution >= 4 is 15.9 Å². The molecular formula is C14H21BrN2. The zero-order chi connectivity index (χ0) is 12.1. The number of rotatable bonds is 6. The monoisotopic (exact) mass is 296 g/mol. The Morgan fingerprint density at radius 3 is 2.65 bits per heavy atom. The van der Waals surface area contributed by atoms with Crippen molar-refractivity contribution < 1.29 is 0 Å². The lowest BCUT2D eigenvalue weighted by atomic mass is 9.69. The van der Waals surface area contributed by atoms with E-state index in [0.717, 1.165) is 26.1 Å². The molecule has 3 N–H and O–H groups in total. The summed E-state index contributed by atoms with van der Waals surface area (Å²) >= 11 is 3.58. The minimum atomic E-state index is 0.411. The number of hydrogen-bond donors (Lipinski definition) is 2. The molecule has 0 saturated heterocycles. The Balaban J connectivity index is 1.71. The van der Waals surface area contributed by atoms with Crippen LogP contribution in [0.1, 0.15) is 24.8 Å². The molecule has 2 rings (SSSR count). The Labute approximate surface area is 112 Å². The Kier molecular flexibility index (Phi) is 4.60. The van der Waals surface area contributed by atoms with Crippen molar-refractivity contribution in [2.24, 2.45) is 11.1 Å². The van der Waals surface area contributed by atoms with E-state index in [4.69, 9.17) is 5.73 Å². The van der Waals surface area contributed by atoms with Crippen LogP contribution < -0.4 is 11.1 Å². The average Bonchev–Trinajstić information content (AvgIpc) is 2.29. The topological polar surface area (TPSA) is 38.0 Å². The summed E-state index contributed by atoms with van der Waals surface area (Å²) < 4.78 is 1.21. The molecule has 0 aliphatic heterocycles. The average molecular weight is 297 g/mol. The summed E-state index contributed by atoms with van der Waals surface area (Å²) in [6, 6.07) is 8.42. The number of halogens is 1. The molecule has 1 aromatic carbocycles. The smallest absolute Gasteiger partial charge is 0.0207 e. The fourth-order valence-electron chi connectivity index (χ4n) is 2.41. The van der Waals surface area contributed by atoms with Gasteiger partial charge in [-0.1, -0.05) is 40.5 Å². The lowest BCUT2D eigenvalue weighted by molar-refractivity contribution is 0.141. The first-order valence-electron chi connectivity index (χ1n) is 6.40. The lowest BCUT2D eigenvalue weighted by Gasteiger charge is -2.41. The molecular weight excluding hydrogens is 276 g/mol. The SMILES string of the molecule is NCC1(CNCCc2ccccc2Br)CCC1. The van der Waals surface area contributed by atoms with Crippen LogP contribution >= 0.6 is 15.9 Å². The number of nitrogens with two attached hydrogens (primary N) is 1. The van der Waals surface area contributed by atoms with Gasteiger partial charge in [-0.25, -0.2) is 0 Å². The number of benzene rings is 1. The van der Waals surface area contributed by atoms with E-state index in [1.807, 2.05) is 0 Å². The third kappa shape index (κ3) is 3.30. The summed E-state index contributed by atoms with van der Waals surface area (Å²) in [6.45, 7) is 2.94. The van der Waals surface area contributed by atoms with Gasteiger partial charge in [0.2, 0.25) is 0 Å². The zero-order valence-corrected chi connectivity index (χ0v) is 11.8. The van der Waals surface area contributed by atoms with Crippen LogP contribution in [0, 0.1) is 5.41 Å². The third-order valence-electron chi connectivity index (χ3n) is 3.88. The molecule has 3 heteroatoms. The fourth-order valence-corrected chi connectivity index (χ4v) is 2.89. The normalized spacial score (nSPS) is 17.8. The van der Waals surface area contributed by atoms with Crippen molar-refractivity contribution in [2.75, 3.05) is 19.6 Å². The molecule has 1 aromatic rings. The number of nitrogens with one attached hydrogen (secondary N) is 1. The quantitative estimate of drug-likeness (QED) is 0.792. The number of hydrogen-bond acceptors (Lipinski definition) is 2. The molecule has 1 aliphatic carbocycles. The van der Waals surface area contributed by atoms with Gasteiger partial charge in [-0.2, -0.15) is 0 Å². The standard InChI is InChI=1S/C14H21BrN2/c15-13-5-2-1-4-12(13)6-9-17-11-14(10-16)7-3-8-14/h1-2,4-5,17H,3,6-11,16H2. The minimum absolute atomic E-state index is 0.411. The maximum Gasteiger partial charge on any atom is 0.0207 e. The molecule has 0 amide bonds. The Bertz CT molecular complexity index is 355. The Morgan fingerprint density at radius 2 is 2.06 bits per heavy atom. The molecule has 0 spiro atoms. The highest BCUT2D eigenvalue weighted by molar-refractivity contribution is 9.10. The fraction of sp³-hybridized carbons (Fsp3) is 0.571. The first-order chi connectivity index (χ1) is 8.26. The molecule has 0 atom stereocenters. The summed E-state index contributed by atoms with van der Waals surface area (Å²) in [4.78, 5) is 0. The molecule has 0 aromatic heterocycles. The predicted molar refractivity (Wildman–Crippen MR) is 76.1 cm³/mol. The van der Waals surface area contributed by atoms with Gasteiger partial charge in [-0.15, -0.1) is 0 Å². The van der Waals surface area contributed by atoms with Gasteiger partial charge in [-0.3, -0.25) is 0 Å². The van der Waals surface area contributed by atoms with Crippen LogP contribution in [0.3, 0.4) is 0 Å². The van der Waals surface area contributed by atoms with E-state index in [9.17, 15) is 0 Å². The first-order valence-corrected chi connectivity index (χ1v) is 7.19. The largest absolute Gasteiger partial charge is 0.330 e. The van der Waals surface area contributed by atoms with E-state index in [1.54, 1.807) is 0 Å². The summed E-state index contributed by atoms with van der Waals surface area (Å²) in [5, 5.41) is 3.55. The molecule has 0 bridgehead atoms. The maximum atomic E-state index is 5.84. The highest BCUT2D eigenvalue weighted by atomic mass is 79.9. The highest BCUT2D eigenvalue weighted by Crippen LogP contribution is 2.39. The summed E-state index contributed by atoms with van der Waals surface area (Å²) in [6.07, 6.45) is 5.02. The van der Waals surface area contributed by atoms with Crippen LogP contribution in [0.15, 0.2) is 28.7 Å². The van der Waals surface area contributed by atoms with Crippen LogP contribution in [-0.2, 0) is 6.42 Å². The van der Waals surface area contributed by atoms with Crippen LogP contribution in [0.2, 0.25) is 0 Å². The second-order valence-electron chi connectivity index (χ2n) is 5.08. The zero-order valence-electron chi connectivity index (χ0n) is 10.2. The van der Waals surface area contributed by atoms with Crippen molar-refractivity contribution in [2.45, 2.75) is 25.7 Å². The molecule has 0 radical (unpaired) electrons. The van der Waals surface area contributed by atoms with Gasteiger partial charge in [0, 0.05) is 11.0 Å². The molecule has 1 saturated carbocycles. The maximum absolute atomic E-state index is 5.84. The van der Waals surface area contributed by atoms with Gasteiger partial charge < -0.3 is 11.1 Å². The molecule has 0 heterocycles. The second-order valence-corrected chi connectivity index (χ2v) is 5.93. The van der Waals surface area contributed by atoms with Gasteiger partial charge in [0.15, 0.2) is 0 Å². The second kappa shape index (κ2) is 5.98. The van der Waals surface area contributed by atoms with E-state index in [-0.39, 0.29) is 0 Å². The van der Waals surface area contributed by atoms with Gasteiger partial charge in [-0.05, 0) is 49.4 Å². The van der Waals surface area contributed by atoms with Gasteiger partial charge >= 0.3 is 0 Å². The van der Waals surface area contributed by atoms with E-state index in [2.05, 4.69) is 45.5 Å². The van der Waals surface area contributed by atoms with E-state index < -0.39 is 0 Å².